The Balaban J connectivity index is 1.60. The number of hydrogen-bond donors (Lipinski definition) is 0. The number of hydrogen-bond acceptors (Lipinski definition) is 4. The van der Waals surface area contributed by atoms with Crippen LogP contribution in [0.25, 0.3) is 0 Å². The van der Waals surface area contributed by atoms with Gasteiger partial charge in [0.05, 0.1) is 6.07 Å². The third-order valence-corrected chi connectivity index (χ3v) is 4.71. The van der Waals surface area contributed by atoms with Crippen LogP contribution in [0.1, 0.15) is 30.0 Å². The number of carbonyl (C=O) groups excluding carboxylic acids is 1. The fourth-order valence-electron chi connectivity index (χ4n) is 3.29. The summed E-state index contributed by atoms with van der Waals surface area (Å²) in [5, 5.41) is 9.56. The number of rotatable bonds is 3. The van der Waals surface area contributed by atoms with Crippen LogP contribution >= 0.6 is 0 Å². The molecule has 2 heterocycles. The lowest BCUT2D eigenvalue weighted by molar-refractivity contribution is -0.142. The molecule has 2 saturated heterocycles. The van der Waals surface area contributed by atoms with Crippen molar-refractivity contribution in [3.8, 4) is 6.07 Å². The van der Waals surface area contributed by atoms with Gasteiger partial charge in [-0.25, -0.2) is 0 Å². The van der Waals surface area contributed by atoms with Crippen LogP contribution in [0, 0.1) is 18.3 Å². The molecule has 5 nitrogen and oxygen atoms in total. The topological polar surface area (TPSA) is 56.6 Å². The molecule has 1 aromatic rings. The summed E-state index contributed by atoms with van der Waals surface area (Å²) in [6, 6.07) is 10.3. The van der Waals surface area contributed by atoms with E-state index in [1.54, 1.807) is 0 Å². The Morgan fingerprint density at radius 1 is 1.26 bits per heavy atom. The van der Waals surface area contributed by atoms with Gasteiger partial charge in [0.15, 0.2) is 0 Å². The quantitative estimate of drug-likeness (QED) is 0.855. The third-order valence-electron chi connectivity index (χ3n) is 4.71. The van der Waals surface area contributed by atoms with Gasteiger partial charge in [0.1, 0.15) is 12.1 Å². The Labute approximate surface area is 137 Å². The minimum absolute atomic E-state index is 0.117. The summed E-state index contributed by atoms with van der Waals surface area (Å²) in [7, 11) is 0. The van der Waals surface area contributed by atoms with Gasteiger partial charge < -0.3 is 9.64 Å². The van der Waals surface area contributed by atoms with E-state index in [-0.39, 0.29) is 18.1 Å². The van der Waals surface area contributed by atoms with Crippen molar-refractivity contribution in [1.29, 1.82) is 5.26 Å². The zero-order valence-corrected chi connectivity index (χ0v) is 13.6. The van der Waals surface area contributed by atoms with E-state index in [1.807, 2.05) is 36.1 Å². The van der Waals surface area contributed by atoms with E-state index in [1.165, 1.54) is 5.56 Å². The van der Waals surface area contributed by atoms with Gasteiger partial charge in [0, 0.05) is 32.8 Å². The fourth-order valence-corrected chi connectivity index (χ4v) is 3.29. The van der Waals surface area contributed by atoms with E-state index in [0.29, 0.717) is 19.7 Å². The summed E-state index contributed by atoms with van der Waals surface area (Å²) in [5.41, 5.74) is 2.22. The van der Waals surface area contributed by atoms with Crippen molar-refractivity contribution in [3.63, 3.8) is 0 Å². The molecule has 0 bridgehead atoms. The molecule has 23 heavy (non-hydrogen) atoms. The van der Waals surface area contributed by atoms with Gasteiger partial charge in [-0.15, -0.1) is 0 Å². The highest BCUT2D eigenvalue weighted by Gasteiger charge is 2.32. The van der Waals surface area contributed by atoms with Crippen molar-refractivity contribution in [2.75, 3.05) is 32.8 Å². The zero-order chi connectivity index (χ0) is 16.2. The number of ether oxygens (including phenoxy) is 1. The van der Waals surface area contributed by atoms with E-state index >= 15 is 0 Å². The highest BCUT2D eigenvalue weighted by molar-refractivity contribution is 5.81. The van der Waals surface area contributed by atoms with Crippen molar-refractivity contribution in [3.05, 3.63) is 35.4 Å². The summed E-state index contributed by atoms with van der Waals surface area (Å²) in [5.74, 6) is 0.117. The molecule has 0 aliphatic carbocycles. The van der Waals surface area contributed by atoms with Gasteiger partial charge >= 0.3 is 0 Å². The maximum absolute atomic E-state index is 12.4. The molecule has 3 rings (SSSR count). The van der Waals surface area contributed by atoms with Crippen LogP contribution in [-0.4, -0.2) is 54.6 Å². The molecule has 0 spiro atoms. The van der Waals surface area contributed by atoms with Gasteiger partial charge in [-0.2, -0.15) is 5.26 Å². The highest BCUT2D eigenvalue weighted by Crippen LogP contribution is 2.23. The molecule has 1 amide bonds. The molecular formula is C18H23N3O2. The average molecular weight is 313 g/mol. The van der Waals surface area contributed by atoms with Gasteiger partial charge in [-0.3, -0.25) is 9.69 Å². The first-order chi connectivity index (χ1) is 11.2. The number of benzene rings is 1. The number of aryl methyl sites for hydroxylation is 1. The second-order valence-electron chi connectivity index (χ2n) is 6.31. The lowest BCUT2D eigenvalue weighted by Crippen LogP contribution is -2.51. The summed E-state index contributed by atoms with van der Waals surface area (Å²) in [6.45, 7) is 5.53. The Bertz CT molecular complexity index is 579. The van der Waals surface area contributed by atoms with Gasteiger partial charge in [-0.1, -0.05) is 29.8 Å². The van der Waals surface area contributed by atoms with E-state index in [9.17, 15) is 10.1 Å². The lowest BCUT2D eigenvalue weighted by atomic mass is 10.0. The van der Waals surface area contributed by atoms with Crippen molar-refractivity contribution in [1.82, 2.24) is 9.80 Å². The van der Waals surface area contributed by atoms with Crippen LogP contribution in [-0.2, 0) is 9.53 Å². The molecule has 5 heteroatoms. The number of piperazine rings is 1. The Morgan fingerprint density at radius 2 is 1.96 bits per heavy atom. The molecule has 2 aliphatic rings. The number of amides is 1. The number of carbonyl (C=O) groups is 1. The van der Waals surface area contributed by atoms with Crippen molar-refractivity contribution in [2.24, 2.45) is 0 Å². The first-order valence-corrected chi connectivity index (χ1v) is 8.29. The number of nitriles is 1. The summed E-state index contributed by atoms with van der Waals surface area (Å²) in [6.07, 6.45) is 1.56. The lowest BCUT2D eigenvalue weighted by Gasteiger charge is -2.37. The zero-order valence-electron chi connectivity index (χ0n) is 13.6. The Morgan fingerprint density at radius 3 is 2.52 bits per heavy atom. The van der Waals surface area contributed by atoms with Crippen LogP contribution < -0.4 is 0 Å². The molecule has 0 saturated carbocycles. The Kier molecular flexibility index (Phi) is 4.94. The molecule has 122 valence electrons. The molecule has 0 radical (unpaired) electrons. The normalized spacial score (nSPS) is 23.5. The van der Waals surface area contributed by atoms with Crippen molar-refractivity contribution < 1.29 is 9.53 Å². The SMILES string of the molecule is Cc1ccc(C(C#N)N2CCN(C(=O)C3CCCO3)CC2)cc1. The van der Waals surface area contributed by atoms with Crippen molar-refractivity contribution >= 4 is 5.91 Å². The van der Waals surface area contributed by atoms with Crippen LogP contribution in [0.3, 0.4) is 0 Å². The second-order valence-corrected chi connectivity index (χ2v) is 6.31. The van der Waals surface area contributed by atoms with Gasteiger partial charge in [0.25, 0.3) is 5.91 Å². The van der Waals surface area contributed by atoms with Crippen LogP contribution in [0.2, 0.25) is 0 Å². The first kappa shape index (κ1) is 16.0. The predicted octanol–water partition coefficient (Wildman–Crippen LogP) is 1.88. The monoisotopic (exact) mass is 313 g/mol. The van der Waals surface area contributed by atoms with E-state index in [2.05, 4.69) is 11.0 Å². The predicted molar refractivity (Wildman–Crippen MR) is 86.7 cm³/mol. The largest absolute Gasteiger partial charge is 0.368 e. The number of nitrogens with zero attached hydrogens (tertiary/aromatic N) is 3. The molecule has 2 atom stereocenters. The standard InChI is InChI=1S/C18H23N3O2/c1-14-4-6-15(7-5-14)16(13-19)20-8-10-21(11-9-20)18(22)17-3-2-12-23-17/h4-7,16-17H,2-3,8-12H2,1H3. The highest BCUT2D eigenvalue weighted by atomic mass is 16.5. The van der Waals surface area contributed by atoms with Crippen LogP contribution in [0.4, 0.5) is 0 Å². The second kappa shape index (κ2) is 7.12. The van der Waals surface area contributed by atoms with E-state index in [4.69, 9.17) is 4.74 Å². The summed E-state index contributed by atoms with van der Waals surface area (Å²) in [4.78, 5) is 16.4. The van der Waals surface area contributed by atoms with Gasteiger partial charge in [0.2, 0.25) is 0 Å². The minimum atomic E-state index is -0.245. The molecular weight excluding hydrogens is 290 g/mol. The third kappa shape index (κ3) is 3.54. The molecule has 2 fully saturated rings. The van der Waals surface area contributed by atoms with E-state index in [0.717, 1.165) is 31.5 Å². The fraction of sp³-hybridized carbons (Fsp3) is 0.556. The Hall–Kier alpha value is -1.90. The smallest absolute Gasteiger partial charge is 0.251 e. The molecule has 1 aromatic carbocycles. The maximum atomic E-state index is 12.4. The molecule has 2 unspecified atom stereocenters. The minimum Gasteiger partial charge on any atom is -0.368 e. The first-order valence-electron chi connectivity index (χ1n) is 8.29. The molecule has 2 aliphatic heterocycles. The van der Waals surface area contributed by atoms with Crippen LogP contribution in [0.5, 0.6) is 0 Å². The molecule has 0 aromatic heterocycles. The molecule has 0 N–H and O–H groups in total. The van der Waals surface area contributed by atoms with E-state index < -0.39 is 0 Å². The van der Waals surface area contributed by atoms with Crippen molar-refractivity contribution in [2.45, 2.75) is 31.9 Å². The van der Waals surface area contributed by atoms with Crippen LogP contribution in [0.15, 0.2) is 24.3 Å². The maximum Gasteiger partial charge on any atom is 0.251 e. The van der Waals surface area contributed by atoms with Gasteiger partial charge in [-0.05, 0) is 25.3 Å². The summed E-state index contributed by atoms with van der Waals surface area (Å²) >= 11 is 0. The summed E-state index contributed by atoms with van der Waals surface area (Å²) < 4.78 is 5.49. The average Bonchev–Trinajstić information content (AvgIpc) is 3.12.